The highest BCUT2D eigenvalue weighted by atomic mass is 19.4. The fraction of sp³-hybridized carbons (Fsp3) is 0.214. The Morgan fingerprint density at radius 3 is 2.60 bits per heavy atom. The third-order valence-electron chi connectivity index (χ3n) is 2.56. The summed E-state index contributed by atoms with van der Waals surface area (Å²) in [5, 5.41) is 2.97. The molecule has 20 heavy (non-hydrogen) atoms. The zero-order valence-electron chi connectivity index (χ0n) is 10.7. The Labute approximate surface area is 114 Å². The number of nitrogens with zero attached hydrogens (tertiary/aromatic N) is 1. The van der Waals surface area contributed by atoms with Crippen LogP contribution in [0.25, 0.3) is 0 Å². The first-order chi connectivity index (χ1) is 9.49. The highest BCUT2D eigenvalue weighted by Crippen LogP contribution is 2.32. The van der Waals surface area contributed by atoms with Crippen molar-refractivity contribution < 1.29 is 17.9 Å². The molecule has 1 aromatic heterocycles. The average molecular weight is 282 g/mol. The van der Waals surface area contributed by atoms with E-state index >= 15 is 0 Å². The van der Waals surface area contributed by atoms with Crippen LogP contribution >= 0.6 is 0 Å². The summed E-state index contributed by atoms with van der Waals surface area (Å²) >= 11 is 0. The predicted molar refractivity (Wildman–Crippen MR) is 68.5 cm³/mol. The summed E-state index contributed by atoms with van der Waals surface area (Å²) in [6, 6.07) is 8.12. The maximum Gasteiger partial charge on any atom is 0.416 e. The molecule has 2 rings (SSSR count). The van der Waals surface area contributed by atoms with Crippen molar-refractivity contribution in [2.24, 2.45) is 0 Å². The number of ether oxygens (including phenoxy) is 1. The van der Waals surface area contributed by atoms with E-state index in [9.17, 15) is 13.2 Å². The van der Waals surface area contributed by atoms with Crippen molar-refractivity contribution in [2.45, 2.75) is 12.7 Å². The lowest BCUT2D eigenvalue weighted by atomic mass is 10.2. The van der Waals surface area contributed by atoms with E-state index < -0.39 is 11.7 Å². The van der Waals surface area contributed by atoms with Gasteiger partial charge in [-0.05, 0) is 30.8 Å². The van der Waals surface area contributed by atoms with Crippen LogP contribution in [0.4, 0.5) is 13.2 Å². The van der Waals surface area contributed by atoms with Gasteiger partial charge in [0.15, 0.2) is 0 Å². The molecule has 0 amide bonds. The highest BCUT2D eigenvalue weighted by molar-refractivity contribution is 5.33. The zero-order valence-corrected chi connectivity index (χ0v) is 10.7. The number of hydrogen-bond acceptors (Lipinski definition) is 3. The third kappa shape index (κ3) is 3.71. The van der Waals surface area contributed by atoms with Gasteiger partial charge in [0.25, 0.3) is 0 Å². The summed E-state index contributed by atoms with van der Waals surface area (Å²) < 4.78 is 43.0. The SMILES string of the molecule is CNCc1ccc(Oc2cccc(C(F)(F)F)c2)nc1. The molecule has 1 aromatic carbocycles. The van der Waals surface area contributed by atoms with Crippen molar-refractivity contribution in [3.05, 3.63) is 53.7 Å². The molecule has 2 aromatic rings. The summed E-state index contributed by atoms with van der Waals surface area (Å²) in [7, 11) is 1.81. The quantitative estimate of drug-likeness (QED) is 0.930. The predicted octanol–water partition coefficient (Wildman–Crippen LogP) is 3.61. The Kier molecular flexibility index (Phi) is 4.24. The molecule has 0 saturated carbocycles. The lowest BCUT2D eigenvalue weighted by Crippen LogP contribution is -2.05. The van der Waals surface area contributed by atoms with E-state index in [2.05, 4.69) is 10.3 Å². The number of hydrogen-bond donors (Lipinski definition) is 1. The van der Waals surface area contributed by atoms with Gasteiger partial charge in [-0.3, -0.25) is 0 Å². The van der Waals surface area contributed by atoms with Gasteiger partial charge in [-0.15, -0.1) is 0 Å². The van der Waals surface area contributed by atoms with E-state index in [-0.39, 0.29) is 11.6 Å². The number of aromatic nitrogens is 1. The Morgan fingerprint density at radius 2 is 2.00 bits per heavy atom. The van der Waals surface area contributed by atoms with E-state index in [0.717, 1.165) is 17.7 Å². The molecule has 3 nitrogen and oxygen atoms in total. The van der Waals surface area contributed by atoms with Crippen LogP contribution in [-0.4, -0.2) is 12.0 Å². The molecule has 1 heterocycles. The minimum absolute atomic E-state index is 0.105. The Hall–Kier alpha value is -2.08. The van der Waals surface area contributed by atoms with Crippen molar-refractivity contribution in [1.29, 1.82) is 0 Å². The van der Waals surface area contributed by atoms with Gasteiger partial charge < -0.3 is 10.1 Å². The van der Waals surface area contributed by atoms with Crippen LogP contribution in [0.1, 0.15) is 11.1 Å². The first-order valence-electron chi connectivity index (χ1n) is 5.93. The van der Waals surface area contributed by atoms with E-state index in [1.54, 1.807) is 18.3 Å². The molecule has 0 unspecified atom stereocenters. The van der Waals surface area contributed by atoms with Crippen LogP contribution < -0.4 is 10.1 Å². The van der Waals surface area contributed by atoms with E-state index in [4.69, 9.17) is 4.74 Å². The minimum Gasteiger partial charge on any atom is -0.439 e. The van der Waals surface area contributed by atoms with E-state index in [0.29, 0.717) is 6.54 Å². The second-order valence-corrected chi connectivity index (χ2v) is 4.16. The molecule has 0 saturated heterocycles. The van der Waals surface area contributed by atoms with Crippen LogP contribution in [0.5, 0.6) is 11.6 Å². The molecule has 0 aliphatic heterocycles. The van der Waals surface area contributed by atoms with Crippen LogP contribution in [0.15, 0.2) is 42.6 Å². The molecule has 0 fully saturated rings. The Balaban J connectivity index is 2.13. The van der Waals surface area contributed by atoms with Gasteiger partial charge in [0.2, 0.25) is 5.88 Å². The third-order valence-corrected chi connectivity index (χ3v) is 2.56. The summed E-state index contributed by atoms with van der Waals surface area (Å²) in [4.78, 5) is 4.04. The normalized spacial score (nSPS) is 11.4. The van der Waals surface area contributed by atoms with Crippen molar-refractivity contribution >= 4 is 0 Å². The number of nitrogens with one attached hydrogen (secondary N) is 1. The molecule has 106 valence electrons. The molecule has 0 aliphatic carbocycles. The second-order valence-electron chi connectivity index (χ2n) is 4.16. The Morgan fingerprint density at radius 1 is 1.20 bits per heavy atom. The van der Waals surface area contributed by atoms with Crippen molar-refractivity contribution in [1.82, 2.24) is 10.3 Å². The highest BCUT2D eigenvalue weighted by Gasteiger charge is 2.30. The van der Waals surface area contributed by atoms with Crippen LogP contribution in [0.2, 0.25) is 0 Å². The second kappa shape index (κ2) is 5.92. The lowest BCUT2D eigenvalue weighted by Gasteiger charge is -2.09. The number of halogens is 3. The van der Waals surface area contributed by atoms with E-state index in [1.807, 2.05) is 7.05 Å². The smallest absolute Gasteiger partial charge is 0.416 e. The largest absolute Gasteiger partial charge is 0.439 e. The molecule has 0 radical (unpaired) electrons. The fourth-order valence-electron chi connectivity index (χ4n) is 1.64. The van der Waals surface area contributed by atoms with Crippen molar-refractivity contribution in [3.63, 3.8) is 0 Å². The van der Waals surface area contributed by atoms with Gasteiger partial charge in [-0.1, -0.05) is 12.1 Å². The van der Waals surface area contributed by atoms with Gasteiger partial charge in [0, 0.05) is 18.8 Å². The lowest BCUT2D eigenvalue weighted by molar-refractivity contribution is -0.137. The summed E-state index contributed by atoms with van der Waals surface area (Å²) in [6.07, 6.45) is -2.77. The molecule has 1 N–H and O–H groups in total. The number of alkyl halides is 3. The zero-order chi connectivity index (χ0) is 14.6. The molecule has 0 bridgehead atoms. The minimum atomic E-state index is -4.39. The van der Waals surface area contributed by atoms with E-state index in [1.165, 1.54) is 12.1 Å². The first kappa shape index (κ1) is 14.3. The molecule has 0 spiro atoms. The maximum atomic E-state index is 12.6. The molecular weight excluding hydrogens is 269 g/mol. The number of pyridine rings is 1. The number of rotatable bonds is 4. The van der Waals surface area contributed by atoms with Gasteiger partial charge in [-0.25, -0.2) is 4.98 Å². The van der Waals surface area contributed by atoms with Gasteiger partial charge in [0.05, 0.1) is 5.56 Å². The first-order valence-corrected chi connectivity index (χ1v) is 5.93. The molecular formula is C14H13F3N2O. The topological polar surface area (TPSA) is 34.1 Å². The number of benzene rings is 1. The summed E-state index contributed by atoms with van der Waals surface area (Å²) in [5.74, 6) is 0.359. The maximum absolute atomic E-state index is 12.6. The molecule has 0 aliphatic rings. The fourth-order valence-corrected chi connectivity index (χ4v) is 1.64. The average Bonchev–Trinajstić information content (AvgIpc) is 2.41. The van der Waals surface area contributed by atoms with Gasteiger partial charge in [-0.2, -0.15) is 13.2 Å². The van der Waals surface area contributed by atoms with Gasteiger partial charge >= 0.3 is 6.18 Å². The standard InChI is InChI=1S/C14H13F3N2O/c1-18-8-10-5-6-13(19-9-10)20-12-4-2-3-11(7-12)14(15,16)17/h2-7,9,18H,8H2,1H3. The molecule has 0 atom stereocenters. The Bertz CT molecular complexity index is 567. The summed E-state index contributed by atoms with van der Waals surface area (Å²) in [6.45, 7) is 0.664. The van der Waals surface area contributed by atoms with Crippen molar-refractivity contribution in [2.75, 3.05) is 7.05 Å². The van der Waals surface area contributed by atoms with Crippen LogP contribution in [0, 0.1) is 0 Å². The monoisotopic (exact) mass is 282 g/mol. The molecule has 6 heteroatoms. The van der Waals surface area contributed by atoms with Gasteiger partial charge in [0.1, 0.15) is 5.75 Å². The van der Waals surface area contributed by atoms with Crippen LogP contribution in [0.3, 0.4) is 0 Å². The van der Waals surface area contributed by atoms with Crippen LogP contribution in [-0.2, 0) is 12.7 Å². The summed E-state index contributed by atoms with van der Waals surface area (Å²) in [5.41, 5.74) is 0.214. The van der Waals surface area contributed by atoms with Crippen molar-refractivity contribution in [3.8, 4) is 11.6 Å².